The highest BCUT2D eigenvalue weighted by molar-refractivity contribution is 6.77. The highest BCUT2D eigenvalue weighted by atomic mass is 28.4. The Hall–Kier alpha value is -1.64. The number of hydrogen-bond acceptors (Lipinski definition) is 1. The first-order chi connectivity index (χ1) is 10.7. The number of benzene rings is 2. The lowest BCUT2D eigenvalue weighted by molar-refractivity contribution is 0.278. The molecule has 1 atom stereocenters. The van der Waals surface area contributed by atoms with Gasteiger partial charge in [-0.2, -0.15) is 0 Å². The van der Waals surface area contributed by atoms with Crippen molar-refractivity contribution in [2.24, 2.45) is 0 Å². The second-order valence-electron chi connectivity index (χ2n) is 6.29. The zero-order chi connectivity index (χ0) is 15.4. The summed E-state index contributed by atoms with van der Waals surface area (Å²) in [6, 6.07) is 14.3. The normalized spacial score (nSPS) is 22.8. The Labute approximate surface area is 134 Å². The van der Waals surface area contributed by atoms with Gasteiger partial charge in [0.1, 0.15) is 0 Å². The molecule has 4 rings (SSSR count). The smallest absolute Gasteiger partial charge is 0.213 e. The van der Waals surface area contributed by atoms with E-state index in [4.69, 9.17) is 4.43 Å². The fourth-order valence-corrected chi connectivity index (χ4v) is 5.22. The van der Waals surface area contributed by atoms with Crippen LogP contribution in [0, 0.1) is 0 Å². The molecule has 0 radical (unpaired) electrons. The molecule has 1 heterocycles. The van der Waals surface area contributed by atoms with Crippen LogP contribution >= 0.6 is 0 Å². The van der Waals surface area contributed by atoms with Gasteiger partial charge in [0, 0.05) is 6.61 Å². The van der Waals surface area contributed by atoms with E-state index in [1.165, 1.54) is 40.8 Å². The van der Waals surface area contributed by atoms with Gasteiger partial charge in [0.05, 0.1) is 0 Å². The van der Waals surface area contributed by atoms with Crippen LogP contribution in [0.2, 0.25) is 12.6 Å². The van der Waals surface area contributed by atoms with Gasteiger partial charge in [0.25, 0.3) is 0 Å². The van der Waals surface area contributed by atoms with Gasteiger partial charge in [0.2, 0.25) is 8.32 Å². The average molecular weight is 308 g/mol. The van der Waals surface area contributed by atoms with E-state index in [-0.39, 0.29) is 0 Å². The first-order valence-corrected chi connectivity index (χ1v) is 10.9. The van der Waals surface area contributed by atoms with Crippen LogP contribution in [0.25, 0.3) is 16.8 Å². The molecular formula is C20H24OSi. The summed E-state index contributed by atoms with van der Waals surface area (Å²) in [6.07, 6.45) is 8.12. The minimum absolute atomic E-state index is 0.967. The highest BCUT2D eigenvalue weighted by Gasteiger charge is 2.27. The molecule has 1 unspecified atom stereocenters. The lowest BCUT2D eigenvalue weighted by atomic mass is 9.93. The predicted molar refractivity (Wildman–Crippen MR) is 98.5 cm³/mol. The number of allylic oxidation sites excluding steroid dienone is 1. The lowest BCUT2D eigenvalue weighted by Crippen LogP contribution is -2.35. The average Bonchev–Trinajstić information content (AvgIpc) is 2.57. The van der Waals surface area contributed by atoms with E-state index in [2.05, 4.69) is 61.7 Å². The van der Waals surface area contributed by atoms with Crippen LogP contribution in [0.4, 0.5) is 0 Å². The van der Waals surface area contributed by atoms with E-state index in [0.717, 1.165) is 13.0 Å². The van der Waals surface area contributed by atoms with Gasteiger partial charge in [-0.3, -0.25) is 0 Å². The van der Waals surface area contributed by atoms with Gasteiger partial charge in [0.15, 0.2) is 0 Å². The van der Waals surface area contributed by atoms with E-state index in [1.807, 2.05) is 5.70 Å². The maximum Gasteiger partial charge on any atom is 0.213 e. The van der Waals surface area contributed by atoms with Crippen molar-refractivity contribution >= 4 is 25.2 Å². The topological polar surface area (TPSA) is 9.23 Å². The summed E-state index contributed by atoms with van der Waals surface area (Å²) in [5.74, 6) is 0. The van der Waals surface area contributed by atoms with E-state index >= 15 is 0 Å². The van der Waals surface area contributed by atoms with Crippen LogP contribution in [0.1, 0.15) is 24.0 Å². The molecule has 2 aromatic carbocycles. The third-order valence-corrected chi connectivity index (χ3v) is 7.66. The molecule has 1 fully saturated rings. The van der Waals surface area contributed by atoms with Crippen LogP contribution in [-0.4, -0.2) is 14.9 Å². The van der Waals surface area contributed by atoms with Crippen molar-refractivity contribution in [2.75, 3.05) is 6.61 Å². The quantitative estimate of drug-likeness (QED) is 0.631. The summed E-state index contributed by atoms with van der Waals surface area (Å²) in [4.78, 5) is 0. The van der Waals surface area contributed by atoms with E-state index < -0.39 is 8.32 Å². The van der Waals surface area contributed by atoms with Crippen molar-refractivity contribution in [1.82, 2.24) is 0 Å². The fourth-order valence-electron chi connectivity index (χ4n) is 3.19. The first kappa shape index (κ1) is 15.3. The van der Waals surface area contributed by atoms with Gasteiger partial charge in [-0.1, -0.05) is 60.7 Å². The maximum absolute atomic E-state index is 5.64. The van der Waals surface area contributed by atoms with Gasteiger partial charge in [-0.15, -0.1) is 6.58 Å². The molecule has 0 aromatic heterocycles. The van der Waals surface area contributed by atoms with Crippen molar-refractivity contribution in [3.63, 3.8) is 0 Å². The van der Waals surface area contributed by atoms with Crippen molar-refractivity contribution in [3.8, 4) is 0 Å². The van der Waals surface area contributed by atoms with Crippen molar-refractivity contribution in [1.29, 1.82) is 0 Å². The predicted octanol–water partition coefficient (Wildman–Crippen LogP) is 5.51. The summed E-state index contributed by atoms with van der Waals surface area (Å²) >= 11 is 0. The van der Waals surface area contributed by atoms with Crippen LogP contribution in [0.5, 0.6) is 0 Å². The lowest BCUT2D eigenvalue weighted by Gasteiger charge is -2.27. The molecule has 2 aliphatic rings. The molecule has 22 heavy (non-hydrogen) atoms. The third-order valence-electron chi connectivity index (χ3n) is 4.59. The minimum atomic E-state index is -1.35. The SMILES string of the molecule is C1=Cc2cccc3cccc(c23)C1.C=C[Si]1(C)CCCCO1. The van der Waals surface area contributed by atoms with Gasteiger partial charge in [-0.25, -0.2) is 0 Å². The molecular weight excluding hydrogens is 284 g/mol. The standard InChI is InChI=1S/C13H10.C7H14OSi/c1-4-10-6-2-8-12-9-3-7-11(5-1)13(10)12;1-3-9(2)7-5-4-6-8-9/h1-8H,9H2;3H,1,4-7H2,2H3. The van der Waals surface area contributed by atoms with Crippen molar-refractivity contribution in [2.45, 2.75) is 31.9 Å². The Morgan fingerprint density at radius 2 is 1.95 bits per heavy atom. The fraction of sp³-hybridized carbons (Fsp3) is 0.300. The Morgan fingerprint density at radius 3 is 2.64 bits per heavy atom. The molecule has 1 aliphatic carbocycles. The summed E-state index contributed by atoms with van der Waals surface area (Å²) in [6.45, 7) is 7.00. The molecule has 1 saturated heterocycles. The van der Waals surface area contributed by atoms with Crippen LogP contribution < -0.4 is 0 Å². The molecule has 0 N–H and O–H groups in total. The van der Waals surface area contributed by atoms with Crippen molar-refractivity contribution < 1.29 is 4.43 Å². The van der Waals surface area contributed by atoms with Gasteiger partial charge >= 0.3 is 0 Å². The van der Waals surface area contributed by atoms with Gasteiger partial charge in [-0.05, 0) is 47.3 Å². The summed E-state index contributed by atoms with van der Waals surface area (Å²) in [5, 5.41) is 2.80. The largest absolute Gasteiger partial charge is 0.413 e. The maximum atomic E-state index is 5.64. The molecule has 0 saturated carbocycles. The van der Waals surface area contributed by atoms with Crippen LogP contribution in [0.15, 0.2) is 54.8 Å². The van der Waals surface area contributed by atoms with E-state index in [9.17, 15) is 0 Å². The van der Waals surface area contributed by atoms with E-state index in [0.29, 0.717) is 0 Å². The zero-order valence-corrected chi connectivity index (χ0v) is 14.3. The minimum Gasteiger partial charge on any atom is -0.413 e. The Bertz CT molecular complexity index is 691. The summed E-state index contributed by atoms with van der Waals surface area (Å²) in [5.41, 5.74) is 4.86. The summed E-state index contributed by atoms with van der Waals surface area (Å²) < 4.78 is 5.64. The highest BCUT2D eigenvalue weighted by Crippen LogP contribution is 2.27. The number of rotatable bonds is 1. The second kappa shape index (κ2) is 6.63. The molecule has 0 bridgehead atoms. The molecule has 0 spiro atoms. The Kier molecular flexibility index (Phi) is 4.60. The van der Waals surface area contributed by atoms with Crippen LogP contribution in [-0.2, 0) is 10.8 Å². The van der Waals surface area contributed by atoms with Crippen LogP contribution in [0.3, 0.4) is 0 Å². The molecule has 1 aliphatic heterocycles. The molecule has 0 amide bonds. The monoisotopic (exact) mass is 308 g/mol. The summed E-state index contributed by atoms with van der Waals surface area (Å²) in [7, 11) is -1.35. The Balaban J connectivity index is 0.000000142. The zero-order valence-electron chi connectivity index (χ0n) is 13.3. The molecule has 2 heteroatoms. The van der Waals surface area contributed by atoms with Crippen molar-refractivity contribution in [3.05, 3.63) is 65.9 Å². The third kappa shape index (κ3) is 3.23. The van der Waals surface area contributed by atoms with E-state index in [1.54, 1.807) is 0 Å². The van der Waals surface area contributed by atoms with Gasteiger partial charge < -0.3 is 4.43 Å². The number of hydrogen-bond donors (Lipinski definition) is 0. The molecule has 1 nitrogen and oxygen atoms in total. The second-order valence-corrected chi connectivity index (χ2v) is 10.1. The Morgan fingerprint density at radius 1 is 1.14 bits per heavy atom. The molecule has 2 aromatic rings. The first-order valence-electron chi connectivity index (χ1n) is 8.17. The molecule has 114 valence electrons.